The van der Waals surface area contributed by atoms with E-state index >= 15 is 0 Å². The fourth-order valence-corrected chi connectivity index (χ4v) is 1.72. The maximum atomic E-state index is 11.2. The summed E-state index contributed by atoms with van der Waals surface area (Å²) in [5, 5.41) is 0. The number of nitrogens with zero attached hydrogens (tertiary/aromatic N) is 3. The number of hydrogen-bond acceptors (Lipinski definition) is 5. The van der Waals surface area contributed by atoms with Crippen LogP contribution < -0.4 is 21.1 Å². The summed E-state index contributed by atoms with van der Waals surface area (Å²) in [6.45, 7) is 0. The highest BCUT2D eigenvalue weighted by Gasteiger charge is 2.27. The Hall–Kier alpha value is -2.08. The molecule has 2 heterocycles. The maximum Gasteiger partial charge on any atom is 0.261 e. The first-order chi connectivity index (χ1) is 7.65. The third kappa shape index (κ3) is 1.49. The Morgan fingerprint density at radius 1 is 1.50 bits per heavy atom. The molecule has 0 unspecified atom stereocenters. The predicted octanol–water partition coefficient (Wildman–Crippen LogP) is -0.201. The summed E-state index contributed by atoms with van der Waals surface area (Å²) in [4.78, 5) is 19.2. The van der Waals surface area contributed by atoms with Gasteiger partial charge in [0.2, 0.25) is 0 Å². The van der Waals surface area contributed by atoms with Gasteiger partial charge in [0, 0.05) is 26.4 Å². The molecule has 1 aromatic rings. The third-order valence-electron chi connectivity index (χ3n) is 2.53. The molecule has 0 bridgehead atoms. The van der Waals surface area contributed by atoms with Crippen LogP contribution >= 0.6 is 0 Å². The molecule has 2 rings (SSSR count). The van der Waals surface area contributed by atoms with Crippen LogP contribution in [0.3, 0.4) is 0 Å². The first kappa shape index (κ1) is 10.4. The number of rotatable bonds is 1. The molecular weight excluding hydrogens is 206 g/mol. The summed E-state index contributed by atoms with van der Waals surface area (Å²) in [5.41, 5.74) is 3.03. The van der Waals surface area contributed by atoms with Gasteiger partial charge in [-0.1, -0.05) is 0 Å². The molecule has 6 nitrogen and oxygen atoms in total. The lowest BCUT2D eigenvalue weighted by Crippen LogP contribution is -2.31. The van der Waals surface area contributed by atoms with Crippen molar-refractivity contribution >= 4 is 17.4 Å². The number of pyridine rings is 1. The number of anilines is 2. The van der Waals surface area contributed by atoms with E-state index < -0.39 is 0 Å². The van der Waals surface area contributed by atoms with Crippen molar-refractivity contribution in [3.63, 3.8) is 0 Å². The van der Waals surface area contributed by atoms with Gasteiger partial charge in [-0.15, -0.1) is 0 Å². The predicted molar refractivity (Wildman–Crippen MR) is 61.5 cm³/mol. The third-order valence-corrected chi connectivity index (χ3v) is 2.53. The number of fused-ring (bicyclic) bond motifs is 1. The smallest absolute Gasteiger partial charge is 0.261 e. The van der Waals surface area contributed by atoms with Crippen molar-refractivity contribution in [2.75, 3.05) is 23.9 Å². The number of amides is 1. The molecule has 84 valence electrons. The van der Waals surface area contributed by atoms with E-state index in [1.165, 1.54) is 6.08 Å². The van der Waals surface area contributed by atoms with Crippen LogP contribution in [-0.4, -0.2) is 25.0 Å². The zero-order valence-electron chi connectivity index (χ0n) is 9.14. The molecule has 1 amide bonds. The van der Waals surface area contributed by atoms with Crippen molar-refractivity contribution in [1.82, 2.24) is 10.4 Å². The zero-order valence-corrected chi connectivity index (χ0v) is 9.14. The minimum Gasteiger partial charge on any atom is -0.328 e. The lowest BCUT2D eigenvalue weighted by molar-refractivity contribution is -0.116. The fourth-order valence-electron chi connectivity index (χ4n) is 1.72. The van der Waals surface area contributed by atoms with Gasteiger partial charge in [-0.25, -0.2) is 10.8 Å². The fraction of sp³-hybridized carbons (Fsp3) is 0.200. The number of aromatic nitrogens is 1. The van der Waals surface area contributed by atoms with Crippen molar-refractivity contribution in [3.8, 4) is 0 Å². The molecule has 3 N–H and O–H groups in total. The Labute approximate surface area is 93.3 Å². The van der Waals surface area contributed by atoms with E-state index in [9.17, 15) is 4.79 Å². The Morgan fingerprint density at radius 3 is 2.88 bits per heavy atom. The van der Waals surface area contributed by atoms with Crippen molar-refractivity contribution in [3.05, 3.63) is 30.2 Å². The average Bonchev–Trinajstić information content (AvgIpc) is 2.55. The van der Waals surface area contributed by atoms with Crippen LogP contribution in [0, 0.1) is 0 Å². The first-order valence-electron chi connectivity index (χ1n) is 4.80. The minimum atomic E-state index is -0.346. The van der Waals surface area contributed by atoms with Gasteiger partial charge in [-0.05, 0) is 12.1 Å². The molecule has 1 aliphatic heterocycles. The molecule has 0 saturated carbocycles. The van der Waals surface area contributed by atoms with Crippen LogP contribution in [0.5, 0.6) is 0 Å². The number of nitrogens with one attached hydrogen (secondary N) is 1. The Balaban J connectivity index is 2.42. The molecule has 1 aliphatic rings. The molecule has 0 saturated heterocycles. The van der Waals surface area contributed by atoms with E-state index in [4.69, 9.17) is 5.84 Å². The van der Waals surface area contributed by atoms with Crippen LogP contribution in [0.1, 0.15) is 0 Å². The van der Waals surface area contributed by atoms with Crippen LogP contribution in [0.2, 0.25) is 0 Å². The number of carbonyl (C=O) groups is 1. The summed E-state index contributed by atoms with van der Waals surface area (Å²) in [6.07, 6.45) is 3.15. The summed E-state index contributed by atoms with van der Waals surface area (Å²) in [6, 6.07) is 3.80. The largest absolute Gasteiger partial charge is 0.328 e. The van der Waals surface area contributed by atoms with Gasteiger partial charge in [-0.2, -0.15) is 0 Å². The molecule has 1 aromatic heterocycles. The highest BCUT2D eigenvalue weighted by Crippen LogP contribution is 2.36. The summed E-state index contributed by atoms with van der Waals surface area (Å²) in [5.74, 6) is 6.26. The molecule has 0 aliphatic carbocycles. The van der Waals surface area contributed by atoms with Gasteiger partial charge in [0.1, 0.15) is 5.82 Å². The number of nitrogens with two attached hydrogens (primary N) is 1. The lowest BCUT2D eigenvalue weighted by atomic mass is 10.4. The number of hydrogen-bond donors (Lipinski definition) is 2. The van der Waals surface area contributed by atoms with Crippen LogP contribution in [0.4, 0.5) is 11.5 Å². The van der Waals surface area contributed by atoms with E-state index in [1.54, 1.807) is 6.20 Å². The van der Waals surface area contributed by atoms with Crippen LogP contribution in [0.25, 0.3) is 0 Å². The van der Waals surface area contributed by atoms with Gasteiger partial charge in [0.05, 0.1) is 5.69 Å². The van der Waals surface area contributed by atoms with Gasteiger partial charge in [0.15, 0.2) is 5.82 Å². The van der Waals surface area contributed by atoms with Crippen LogP contribution in [0.15, 0.2) is 30.2 Å². The zero-order chi connectivity index (χ0) is 11.7. The van der Waals surface area contributed by atoms with Crippen molar-refractivity contribution < 1.29 is 4.79 Å². The topological polar surface area (TPSA) is 74.5 Å². The van der Waals surface area contributed by atoms with Crippen molar-refractivity contribution in [1.29, 1.82) is 0 Å². The summed E-state index contributed by atoms with van der Waals surface area (Å²) in [7, 11) is 3.73. The lowest BCUT2D eigenvalue weighted by Gasteiger charge is -2.17. The van der Waals surface area contributed by atoms with E-state index in [0.717, 1.165) is 17.3 Å². The van der Waals surface area contributed by atoms with Gasteiger partial charge < -0.3 is 9.80 Å². The first-order valence-corrected chi connectivity index (χ1v) is 4.80. The minimum absolute atomic E-state index is 0.346. The monoisotopic (exact) mass is 219 g/mol. The van der Waals surface area contributed by atoms with E-state index in [-0.39, 0.29) is 5.91 Å². The van der Waals surface area contributed by atoms with Crippen molar-refractivity contribution in [2.24, 2.45) is 5.84 Å². The molecule has 0 radical (unpaired) electrons. The Kier molecular flexibility index (Phi) is 2.49. The normalized spacial score (nSPS) is 16.6. The quantitative estimate of drug-likeness (QED) is 0.296. The summed E-state index contributed by atoms with van der Waals surface area (Å²) < 4.78 is 0. The molecule has 16 heavy (non-hydrogen) atoms. The molecular formula is C10H13N5O. The second-order valence-corrected chi connectivity index (χ2v) is 3.48. The standard InChI is InChI=1S/C10H13N5O/c1-14-7-4-3-5-12-10(7)15(2)9(14)6-8(16)13-11/h3-6H,11H2,1-2H3,(H,13,16)/b9-6-. The maximum absolute atomic E-state index is 11.2. The second kappa shape index (κ2) is 3.82. The highest BCUT2D eigenvalue weighted by atomic mass is 16.2. The number of hydrazine groups is 1. The Bertz CT molecular complexity index is 425. The van der Waals surface area contributed by atoms with Gasteiger partial charge in [-0.3, -0.25) is 10.2 Å². The summed E-state index contributed by atoms with van der Waals surface area (Å²) >= 11 is 0. The molecule has 0 spiro atoms. The second-order valence-electron chi connectivity index (χ2n) is 3.48. The van der Waals surface area contributed by atoms with E-state index in [0.29, 0.717) is 0 Å². The van der Waals surface area contributed by atoms with Gasteiger partial charge >= 0.3 is 0 Å². The van der Waals surface area contributed by atoms with E-state index in [1.807, 2.05) is 36.0 Å². The molecule has 6 heteroatoms. The average molecular weight is 219 g/mol. The molecule has 0 fully saturated rings. The van der Waals surface area contributed by atoms with E-state index in [2.05, 4.69) is 10.4 Å². The van der Waals surface area contributed by atoms with Gasteiger partial charge in [0.25, 0.3) is 5.91 Å². The van der Waals surface area contributed by atoms with Crippen molar-refractivity contribution in [2.45, 2.75) is 0 Å². The SMILES string of the molecule is CN1/C(=C/C(=O)NN)N(C)c2ncccc21. The van der Waals surface area contributed by atoms with Crippen LogP contribution in [-0.2, 0) is 4.79 Å². The molecule has 0 aromatic carbocycles. The molecule has 0 atom stereocenters. The highest BCUT2D eigenvalue weighted by molar-refractivity contribution is 5.91. The number of carbonyl (C=O) groups excluding carboxylic acids is 1. The Morgan fingerprint density at radius 2 is 2.25 bits per heavy atom.